The first-order valence-corrected chi connectivity index (χ1v) is 26.7. The predicted octanol–water partition coefficient (Wildman–Crippen LogP) is 11.3. The molecule has 68 heavy (non-hydrogen) atoms. The van der Waals surface area contributed by atoms with Crippen LogP contribution in [0.4, 0.5) is 9.59 Å². The SMILES string of the molecule is CCOC(C)(C)c1ccc(/C=N/N(C)[PH](=O)C(CC)Oc2ccc(/C=N/N(C)P(=S)(Oc3ccc(CCNC(=O)OC(C)(C)C)cc3)Oc3ccc(CCNC(=O)OC(C)(C)C)cc3)cc2)cc1. The third kappa shape index (κ3) is 18.9. The second-order valence-corrected chi connectivity index (χ2v) is 23.5. The van der Waals surface area contributed by atoms with Gasteiger partial charge >= 0.3 is 18.8 Å². The van der Waals surface area contributed by atoms with Crippen LogP contribution < -0.4 is 24.4 Å². The highest BCUT2D eigenvalue weighted by Gasteiger charge is 2.29. The summed E-state index contributed by atoms with van der Waals surface area (Å²) in [4.78, 5) is 24.2. The number of hydrazone groups is 2. The molecule has 0 aliphatic carbocycles. The number of carbonyl (C=O) groups excluding carboxylic acids is 2. The fourth-order valence-corrected chi connectivity index (χ4v) is 9.28. The molecule has 18 heteroatoms. The Morgan fingerprint density at radius 1 is 0.676 bits per heavy atom. The maximum Gasteiger partial charge on any atom is 0.410 e. The molecule has 2 unspecified atom stereocenters. The molecule has 0 aliphatic rings. The van der Waals surface area contributed by atoms with Crippen molar-refractivity contribution < 1.29 is 42.1 Å². The van der Waals surface area contributed by atoms with Crippen molar-refractivity contribution in [2.75, 3.05) is 33.8 Å². The van der Waals surface area contributed by atoms with Gasteiger partial charge in [-0.2, -0.15) is 10.2 Å². The summed E-state index contributed by atoms with van der Waals surface area (Å²) in [5.41, 5.74) is 3.06. The second-order valence-electron chi connectivity index (χ2n) is 18.3. The summed E-state index contributed by atoms with van der Waals surface area (Å²) in [5, 5.41) is 14.7. The number of amides is 2. The summed E-state index contributed by atoms with van der Waals surface area (Å²) in [5.74, 6) is 0.925. The lowest BCUT2D eigenvalue weighted by atomic mass is 9.97. The Balaban J connectivity index is 1.43. The Kier molecular flexibility index (Phi) is 20.5. The number of hydrogen-bond donors (Lipinski definition) is 2. The van der Waals surface area contributed by atoms with E-state index in [-0.39, 0.29) is 0 Å². The van der Waals surface area contributed by atoms with Gasteiger partial charge < -0.3 is 38.6 Å². The highest BCUT2D eigenvalue weighted by Crippen LogP contribution is 2.51. The predicted molar refractivity (Wildman–Crippen MR) is 276 cm³/mol. The lowest BCUT2D eigenvalue weighted by Gasteiger charge is -2.29. The Bertz CT molecular complexity index is 2270. The van der Waals surface area contributed by atoms with Gasteiger partial charge in [0.05, 0.1) is 18.0 Å². The topological polar surface area (TPSA) is 162 Å². The molecule has 0 aromatic heterocycles. The van der Waals surface area contributed by atoms with E-state index in [9.17, 15) is 14.2 Å². The molecule has 370 valence electrons. The molecule has 4 aromatic carbocycles. The molecule has 0 bridgehead atoms. The Morgan fingerprint density at radius 3 is 1.53 bits per heavy atom. The zero-order chi connectivity index (χ0) is 50.1. The lowest BCUT2D eigenvalue weighted by Crippen LogP contribution is -2.33. The van der Waals surface area contributed by atoms with Crippen LogP contribution in [0.1, 0.15) is 103 Å². The van der Waals surface area contributed by atoms with E-state index in [0.29, 0.717) is 56.2 Å². The van der Waals surface area contributed by atoms with Crippen molar-refractivity contribution in [1.82, 2.24) is 20.2 Å². The molecule has 0 spiro atoms. The largest absolute Gasteiger partial charge is 0.481 e. The summed E-state index contributed by atoms with van der Waals surface area (Å²) in [6, 6.07) is 30.0. The quantitative estimate of drug-likeness (QED) is 0.0412. The van der Waals surface area contributed by atoms with Gasteiger partial charge in [0.2, 0.25) is 7.95 Å². The van der Waals surface area contributed by atoms with Gasteiger partial charge in [0.1, 0.15) is 28.5 Å². The average molecular weight is 993 g/mol. The molecule has 2 amide bonds. The van der Waals surface area contributed by atoms with Crippen molar-refractivity contribution in [3.8, 4) is 17.2 Å². The monoisotopic (exact) mass is 992 g/mol. The van der Waals surface area contributed by atoms with Gasteiger partial charge in [-0.25, -0.2) is 19.1 Å². The maximum absolute atomic E-state index is 13.6. The number of nitrogens with zero attached hydrogens (tertiary/aromatic N) is 4. The molecule has 2 N–H and O–H groups in total. The van der Waals surface area contributed by atoms with Crippen LogP contribution in [0.15, 0.2) is 107 Å². The van der Waals surface area contributed by atoms with Crippen LogP contribution in [-0.2, 0) is 49.0 Å². The van der Waals surface area contributed by atoms with Gasteiger partial charge in [-0.1, -0.05) is 55.5 Å². The van der Waals surface area contributed by atoms with E-state index in [1.807, 2.05) is 130 Å². The number of benzene rings is 4. The van der Waals surface area contributed by atoms with Gasteiger partial charge in [0, 0.05) is 45.6 Å². The second kappa shape index (κ2) is 25.3. The number of ether oxygens (including phenoxy) is 4. The van der Waals surface area contributed by atoms with Crippen LogP contribution in [0.25, 0.3) is 0 Å². The molecule has 4 aromatic rings. The summed E-state index contributed by atoms with van der Waals surface area (Å²) in [6.07, 6.45) is 4.05. The zero-order valence-corrected chi connectivity index (χ0v) is 44.2. The zero-order valence-electron chi connectivity index (χ0n) is 41.5. The van der Waals surface area contributed by atoms with Crippen molar-refractivity contribution >= 4 is 51.0 Å². The van der Waals surface area contributed by atoms with E-state index in [2.05, 4.69) is 20.8 Å². The third-order valence-electron chi connectivity index (χ3n) is 9.80. The minimum atomic E-state index is -3.38. The minimum Gasteiger partial charge on any atom is -0.481 e. The van der Waals surface area contributed by atoms with E-state index in [1.165, 1.54) is 9.56 Å². The van der Waals surface area contributed by atoms with Crippen LogP contribution in [-0.4, -0.2) is 85.0 Å². The normalized spacial score (nSPS) is 13.1. The third-order valence-corrected chi connectivity index (χ3v) is 14.5. The number of rotatable bonds is 23. The van der Waals surface area contributed by atoms with Crippen molar-refractivity contribution in [2.45, 2.75) is 111 Å². The van der Waals surface area contributed by atoms with Crippen LogP contribution in [0, 0.1) is 0 Å². The Morgan fingerprint density at radius 2 is 1.10 bits per heavy atom. The van der Waals surface area contributed by atoms with E-state index < -0.39 is 49.4 Å². The van der Waals surface area contributed by atoms with E-state index in [4.69, 9.17) is 39.8 Å². The minimum absolute atomic E-state index is 0.394. The van der Waals surface area contributed by atoms with Crippen LogP contribution in [0.3, 0.4) is 0 Å². The van der Waals surface area contributed by atoms with Gasteiger partial charge in [0.25, 0.3) is 0 Å². The fourth-order valence-electron chi connectivity index (χ4n) is 6.24. The van der Waals surface area contributed by atoms with Crippen molar-refractivity contribution in [3.05, 3.63) is 125 Å². The van der Waals surface area contributed by atoms with Crippen LogP contribution >= 0.6 is 14.6 Å². The van der Waals surface area contributed by atoms with E-state index in [1.54, 1.807) is 62.9 Å². The number of alkyl carbamates (subject to hydrolysis) is 2. The molecule has 15 nitrogen and oxygen atoms in total. The first-order chi connectivity index (χ1) is 32.0. The van der Waals surface area contributed by atoms with Gasteiger partial charge in [-0.3, -0.25) is 4.57 Å². The molecule has 0 saturated heterocycles. The maximum atomic E-state index is 13.6. The van der Waals surface area contributed by atoms with Gasteiger partial charge in [-0.15, -0.1) is 0 Å². The van der Waals surface area contributed by atoms with E-state index in [0.717, 1.165) is 27.8 Å². The average Bonchev–Trinajstić information content (AvgIpc) is 3.26. The molecular weight excluding hydrogens is 923 g/mol. The van der Waals surface area contributed by atoms with Crippen molar-refractivity contribution in [3.63, 3.8) is 0 Å². The highest BCUT2D eigenvalue weighted by molar-refractivity contribution is 8.09. The van der Waals surface area contributed by atoms with Crippen LogP contribution in [0.2, 0.25) is 0 Å². The molecule has 0 heterocycles. The molecule has 4 rings (SSSR count). The first-order valence-electron chi connectivity index (χ1n) is 22.7. The van der Waals surface area contributed by atoms with Crippen LogP contribution in [0.5, 0.6) is 17.2 Å². The standard InChI is InChI=1S/C50H70N6O9P2S/c1-13-45(66(59)55(11)53-35-39-15-23-41(24-16-39)50(9,10)60-14-2)61-42-25-21-40(22-26-42)36-54-56(12)67(68,64-43-27-17-37(18-28-43)31-33-51-46(57)62-48(3,4)5)65-44-29-19-38(20-30-44)32-34-52-47(58)63-49(6,7)8/h15-30,35-36,45,66H,13-14,31-34H2,1-12H3,(H,51,57)(H,52,58)/b53-35+,54-36+. The molecule has 0 aliphatic heterocycles. The summed E-state index contributed by atoms with van der Waals surface area (Å²) >= 11 is 6.14. The first kappa shape index (κ1) is 55.2. The Labute approximate surface area is 409 Å². The summed E-state index contributed by atoms with van der Waals surface area (Å²) < 4.78 is 52.2. The molecule has 0 fully saturated rings. The molecular formula is C50H70N6O9P2S. The smallest absolute Gasteiger partial charge is 0.410 e. The van der Waals surface area contributed by atoms with Crippen molar-refractivity contribution in [1.29, 1.82) is 0 Å². The number of nitrogens with one attached hydrogen (secondary N) is 2. The van der Waals surface area contributed by atoms with Gasteiger partial charge in [-0.05, 0) is 158 Å². The van der Waals surface area contributed by atoms with E-state index >= 15 is 0 Å². The molecule has 0 saturated carbocycles. The molecule has 0 radical (unpaired) electrons. The summed E-state index contributed by atoms with van der Waals surface area (Å²) in [7, 11) is 0.932. The fraction of sp³-hybridized carbons (Fsp3) is 0.440. The van der Waals surface area contributed by atoms with Crippen molar-refractivity contribution in [2.24, 2.45) is 10.2 Å². The summed E-state index contributed by atoms with van der Waals surface area (Å²) in [6.45, 7) is 16.9. The molecule has 2 atom stereocenters. The lowest BCUT2D eigenvalue weighted by molar-refractivity contribution is -0.0140. The number of hydrogen-bond acceptors (Lipinski definition) is 12. The highest BCUT2D eigenvalue weighted by atomic mass is 32.5. The number of carbonyl (C=O) groups is 2. The Hall–Kier alpha value is -5.40. The van der Waals surface area contributed by atoms with Gasteiger partial charge in [0.15, 0.2) is 5.85 Å².